The maximum atomic E-state index is 12.7. The fraction of sp³-hybridized carbons (Fsp3) is 0.562. The van der Waals surface area contributed by atoms with Crippen LogP contribution in [-0.4, -0.2) is 33.8 Å². The minimum absolute atomic E-state index is 0.107. The van der Waals surface area contributed by atoms with Gasteiger partial charge in [0.25, 0.3) is 0 Å². The summed E-state index contributed by atoms with van der Waals surface area (Å²) >= 11 is 1.78. The molecule has 1 aromatic rings. The number of carbonyl (C=O) groups is 1. The van der Waals surface area contributed by atoms with Gasteiger partial charge in [-0.3, -0.25) is 4.79 Å². The fourth-order valence-corrected chi connectivity index (χ4v) is 4.90. The van der Waals surface area contributed by atoms with Crippen molar-refractivity contribution >= 4 is 17.7 Å². The molecule has 1 amide bonds. The standard InChI is InChI=1S/C16H23NO2S/c1-15(2)14(19-5)17(16(3,4)20-15)13(18)11-12-9-7-6-8-10-12/h6-10,14H,11H2,1-5H3/t14-/m1/s1. The van der Waals surface area contributed by atoms with Crippen LogP contribution in [0, 0.1) is 0 Å². The molecular formula is C16H23NO2S. The second-order valence-electron chi connectivity index (χ2n) is 6.17. The number of hydrogen-bond donors (Lipinski definition) is 0. The Bertz CT molecular complexity index is 485. The summed E-state index contributed by atoms with van der Waals surface area (Å²) in [4.78, 5) is 14.4. The van der Waals surface area contributed by atoms with Crippen LogP contribution in [0.15, 0.2) is 30.3 Å². The van der Waals surface area contributed by atoms with Crippen LogP contribution in [0.2, 0.25) is 0 Å². The zero-order valence-electron chi connectivity index (χ0n) is 12.8. The van der Waals surface area contributed by atoms with Gasteiger partial charge in [0.05, 0.1) is 16.0 Å². The van der Waals surface area contributed by atoms with Crippen LogP contribution in [0.25, 0.3) is 0 Å². The molecule has 1 atom stereocenters. The molecule has 1 heterocycles. The van der Waals surface area contributed by atoms with Crippen LogP contribution >= 0.6 is 11.8 Å². The third-order valence-corrected chi connectivity index (χ3v) is 5.04. The highest BCUT2D eigenvalue weighted by Gasteiger charge is 2.53. The van der Waals surface area contributed by atoms with Gasteiger partial charge < -0.3 is 9.64 Å². The summed E-state index contributed by atoms with van der Waals surface area (Å²) in [6.07, 6.45) is 0.222. The molecule has 0 bridgehead atoms. The third-order valence-electron chi connectivity index (χ3n) is 3.61. The van der Waals surface area contributed by atoms with Crippen molar-refractivity contribution in [2.75, 3.05) is 7.11 Å². The first-order valence-electron chi connectivity index (χ1n) is 6.87. The number of nitrogens with zero attached hydrogens (tertiary/aromatic N) is 1. The van der Waals surface area contributed by atoms with E-state index < -0.39 is 0 Å². The van der Waals surface area contributed by atoms with Crippen LogP contribution in [0.5, 0.6) is 0 Å². The first-order valence-corrected chi connectivity index (χ1v) is 7.68. The second-order valence-corrected chi connectivity index (χ2v) is 8.42. The van der Waals surface area contributed by atoms with Gasteiger partial charge in [-0.15, -0.1) is 11.8 Å². The molecule has 0 saturated carbocycles. The SMILES string of the molecule is CO[C@H]1N(C(=O)Cc2ccccc2)C(C)(C)SC1(C)C. The van der Waals surface area contributed by atoms with Crippen molar-refractivity contribution in [3.8, 4) is 0 Å². The monoisotopic (exact) mass is 293 g/mol. The number of thioether (sulfide) groups is 1. The molecule has 1 aromatic carbocycles. The van der Waals surface area contributed by atoms with E-state index in [9.17, 15) is 4.79 Å². The van der Waals surface area contributed by atoms with Crippen LogP contribution in [0.3, 0.4) is 0 Å². The van der Waals surface area contributed by atoms with E-state index in [0.717, 1.165) is 5.56 Å². The summed E-state index contributed by atoms with van der Waals surface area (Å²) in [6.45, 7) is 8.43. The van der Waals surface area contributed by atoms with E-state index in [2.05, 4.69) is 27.7 Å². The predicted octanol–water partition coefficient (Wildman–Crippen LogP) is 3.29. The van der Waals surface area contributed by atoms with E-state index in [1.54, 1.807) is 18.9 Å². The molecule has 0 unspecified atom stereocenters. The van der Waals surface area contributed by atoms with Crippen LogP contribution in [0.1, 0.15) is 33.3 Å². The minimum Gasteiger partial charge on any atom is -0.360 e. The number of ether oxygens (including phenoxy) is 1. The number of hydrogen-bond acceptors (Lipinski definition) is 3. The Kier molecular flexibility index (Phi) is 4.17. The molecule has 2 rings (SSSR count). The number of benzene rings is 1. The molecule has 0 aromatic heterocycles. The average Bonchev–Trinajstić information content (AvgIpc) is 2.54. The summed E-state index contributed by atoms with van der Waals surface area (Å²) in [7, 11) is 1.68. The largest absolute Gasteiger partial charge is 0.360 e. The smallest absolute Gasteiger partial charge is 0.230 e. The maximum Gasteiger partial charge on any atom is 0.230 e. The molecule has 0 N–H and O–H groups in total. The number of amides is 1. The van der Waals surface area contributed by atoms with Gasteiger partial charge in [0.1, 0.15) is 6.23 Å². The Morgan fingerprint density at radius 1 is 1.25 bits per heavy atom. The highest BCUT2D eigenvalue weighted by molar-refractivity contribution is 8.02. The van der Waals surface area contributed by atoms with Crippen molar-refractivity contribution in [1.82, 2.24) is 4.90 Å². The molecule has 0 aliphatic carbocycles. The maximum absolute atomic E-state index is 12.7. The Labute approximate surface area is 125 Å². The normalized spacial score (nSPS) is 23.9. The first-order chi connectivity index (χ1) is 9.28. The van der Waals surface area contributed by atoms with Crippen molar-refractivity contribution in [1.29, 1.82) is 0 Å². The third kappa shape index (κ3) is 2.86. The van der Waals surface area contributed by atoms with Gasteiger partial charge in [0, 0.05) is 7.11 Å². The molecule has 3 nitrogen and oxygen atoms in total. The molecular weight excluding hydrogens is 270 g/mol. The van der Waals surface area contributed by atoms with Crippen LogP contribution in [0.4, 0.5) is 0 Å². The number of carbonyl (C=O) groups excluding carboxylic acids is 1. The van der Waals surface area contributed by atoms with Gasteiger partial charge in [0.2, 0.25) is 5.91 Å². The summed E-state index contributed by atoms with van der Waals surface area (Å²) in [5, 5.41) is 0. The summed E-state index contributed by atoms with van der Waals surface area (Å²) < 4.78 is 5.51. The molecule has 1 fully saturated rings. The first kappa shape index (κ1) is 15.4. The van der Waals surface area contributed by atoms with Crippen molar-refractivity contribution in [3.63, 3.8) is 0 Å². The van der Waals surface area contributed by atoms with E-state index in [4.69, 9.17) is 4.74 Å². The predicted molar refractivity (Wildman–Crippen MR) is 83.5 cm³/mol. The molecule has 0 radical (unpaired) electrons. The van der Waals surface area contributed by atoms with E-state index in [1.165, 1.54) is 0 Å². The van der Waals surface area contributed by atoms with Gasteiger partial charge >= 0.3 is 0 Å². The minimum atomic E-state index is -0.254. The lowest BCUT2D eigenvalue weighted by Crippen LogP contribution is -2.50. The van der Waals surface area contributed by atoms with E-state index in [-0.39, 0.29) is 21.8 Å². The fourth-order valence-electron chi connectivity index (χ4n) is 3.01. The topological polar surface area (TPSA) is 29.5 Å². The molecule has 1 aliphatic rings. The summed E-state index contributed by atoms with van der Waals surface area (Å²) in [6, 6.07) is 9.86. The highest BCUT2D eigenvalue weighted by atomic mass is 32.2. The summed E-state index contributed by atoms with van der Waals surface area (Å²) in [5.41, 5.74) is 1.04. The Hall–Kier alpha value is -1.00. The molecule has 1 aliphatic heterocycles. The Morgan fingerprint density at radius 3 is 2.40 bits per heavy atom. The number of methoxy groups -OCH3 is 1. The average molecular weight is 293 g/mol. The molecule has 0 spiro atoms. The van der Waals surface area contributed by atoms with Gasteiger partial charge in [-0.2, -0.15) is 0 Å². The van der Waals surface area contributed by atoms with Crippen molar-refractivity contribution < 1.29 is 9.53 Å². The van der Waals surface area contributed by atoms with Gasteiger partial charge in [-0.05, 0) is 33.3 Å². The van der Waals surface area contributed by atoms with Gasteiger partial charge in [-0.25, -0.2) is 0 Å². The van der Waals surface area contributed by atoms with E-state index in [1.807, 2.05) is 35.2 Å². The van der Waals surface area contributed by atoms with Crippen LogP contribution in [-0.2, 0) is 16.0 Å². The van der Waals surface area contributed by atoms with E-state index >= 15 is 0 Å². The van der Waals surface area contributed by atoms with Crippen molar-refractivity contribution in [2.24, 2.45) is 0 Å². The molecule has 4 heteroatoms. The lowest BCUT2D eigenvalue weighted by molar-refractivity contribution is -0.148. The van der Waals surface area contributed by atoms with Gasteiger partial charge in [0.15, 0.2) is 0 Å². The van der Waals surface area contributed by atoms with Crippen LogP contribution < -0.4 is 0 Å². The highest BCUT2D eigenvalue weighted by Crippen LogP contribution is 2.51. The quantitative estimate of drug-likeness (QED) is 0.856. The Balaban J connectivity index is 2.23. The van der Waals surface area contributed by atoms with Crippen molar-refractivity contribution in [3.05, 3.63) is 35.9 Å². The van der Waals surface area contributed by atoms with E-state index in [0.29, 0.717) is 6.42 Å². The van der Waals surface area contributed by atoms with Crippen molar-refractivity contribution in [2.45, 2.75) is 50.0 Å². The Morgan fingerprint density at radius 2 is 1.85 bits per heavy atom. The second kappa shape index (κ2) is 5.41. The molecule has 1 saturated heterocycles. The number of rotatable bonds is 3. The summed E-state index contributed by atoms with van der Waals surface area (Å²) in [5.74, 6) is 0.117. The zero-order valence-corrected chi connectivity index (χ0v) is 13.7. The molecule has 110 valence electrons. The lowest BCUT2D eigenvalue weighted by Gasteiger charge is -2.35. The molecule has 20 heavy (non-hydrogen) atoms. The lowest BCUT2D eigenvalue weighted by atomic mass is 10.1. The zero-order chi connectivity index (χ0) is 15.0. The van der Waals surface area contributed by atoms with Gasteiger partial charge in [-0.1, -0.05) is 30.3 Å².